The van der Waals surface area contributed by atoms with E-state index >= 15 is 0 Å². The molecule has 2 amide bonds. The molecule has 0 radical (unpaired) electrons. The van der Waals surface area contributed by atoms with E-state index in [0.717, 1.165) is 5.39 Å². The molecule has 0 spiro atoms. The molecule has 1 aliphatic heterocycles. The van der Waals surface area contributed by atoms with Crippen molar-refractivity contribution in [3.63, 3.8) is 0 Å². The molecule has 0 fully saturated rings. The third-order valence-electron chi connectivity index (χ3n) is 5.17. The maximum Gasteiger partial charge on any atom is 0.341 e. The normalized spacial score (nSPS) is 14.2. The van der Waals surface area contributed by atoms with Crippen molar-refractivity contribution in [2.24, 2.45) is 5.73 Å². The van der Waals surface area contributed by atoms with Gasteiger partial charge in [-0.05, 0) is 41.8 Å². The lowest BCUT2D eigenvalue weighted by Gasteiger charge is -2.30. The predicted octanol–water partition coefficient (Wildman–Crippen LogP) is 3.04. The van der Waals surface area contributed by atoms with Gasteiger partial charge in [-0.1, -0.05) is 29.3 Å². The molecule has 0 unspecified atom stereocenters. The number of benzene rings is 2. The SMILES string of the molecule is N[C@H](NC(=O)c1c(Cl)cc2c(c1Cl)CCN(C(=O)c1ccc3ccoc3c1)C2)C(=O)O. The van der Waals surface area contributed by atoms with Crippen molar-refractivity contribution in [1.29, 1.82) is 0 Å². The van der Waals surface area contributed by atoms with E-state index < -0.39 is 18.0 Å². The largest absolute Gasteiger partial charge is 0.479 e. The van der Waals surface area contributed by atoms with Crippen molar-refractivity contribution in [2.75, 3.05) is 6.54 Å². The molecule has 2 heterocycles. The van der Waals surface area contributed by atoms with Crippen LogP contribution in [-0.4, -0.2) is 40.5 Å². The molecule has 0 bridgehead atoms. The highest BCUT2D eigenvalue weighted by Gasteiger charge is 2.28. The average Bonchev–Trinajstić information content (AvgIpc) is 3.20. The molecule has 1 aliphatic rings. The lowest BCUT2D eigenvalue weighted by Crippen LogP contribution is -2.47. The van der Waals surface area contributed by atoms with Gasteiger partial charge in [0.1, 0.15) is 5.58 Å². The van der Waals surface area contributed by atoms with Crippen LogP contribution in [-0.2, 0) is 17.8 Å². The van der Waals surface area contributed by atoms with E-state index in [2.05, 4.69) is 5.32 Å². The van der Waals surface area contributed by atoms with Crippen LogP contribution in [0.4, 0.5) is 0 Å². The lowest BCUT2D eigenvalue weighted by atomic mass is 9.96. The molecule has 0 saturated carbocycles. The molecule has 1 atom stereocenters. The third-order valence-corrected chi connectivity index (χ3v) is 5.89. The first-order valence-electron chi connectivity index (χ1n) is 9.32. The molecule has 8 nitrogen and oxygen atoms in total. The molecule has 2 aromatic carbocycles. The molecule has 31 heavy (non-hydrogen) atoms. The standard InChI is InChI=1S/C21H17Cl2N3O5/c22-14-7-12-9-26(20(28)11-2-1-10-4-6-31-15(10)8-11)5-3-13(12)17(23)16(14)19(27)25-18(24)21(29)30/h1-2,4,6-8,18H,3,5,9,24H2,(H,25,27)(H,29,30)/t18-/m1/s1. The Morgan fingerprint density at radius 2 is 1.97 bits per heavy atom. The van der Waals surface area contributed by atoms with Gasteiger partial charge in [0.25, 0.3) is 11.8 Å². The second-order valence-electron chi connectivity index (χ2n) is 7.12. The van der Waals surface area contributed by atoms with Gasteiger partial charge in [0, 0.05) is 24.0 Å². The van der Waals surface area contributed by atoms with E-state index in [-0.39, 0.29) is 28.1 Å². The van der Waals surface area contributed by atoms with Crippen LogP contribution < -0.4 is 11.1 Å². The number of carboxylic acid groups (broad SMARTS) is 1. The molecular formula is C21H17Cl2N3O5. The van der Waals surface area contributed by atoms with Crippen LogP contribution in [0.3, 0.4) is 0 Å². The minimum Gasteiger partial charge on any atom is -0.479 e. The first-order chi connectivity index (χ1) is 14.8. The number of fused-ring (bicyclic) bond motifs is 2. The number of nitrogens with two attached hydrogens (primary N) is 1. The van der Waals surface area contributed by atoms with Crippen LogP contribution in [0, 0.1) is 0 Å². The predicted molar refractivity (Wildman–Crippen MR) is 114 cm³/mol. The van der Waals surface area contributed by atoms with Gasteiger partial charge in [-0.25, -0.2) is 4.79 Å². The Bertz CT molecular complexity index is 1220. The van der Waals surface area contributed by atoms with Gasteiger partial charge in [-0.3, -0.25) is 9.59 Å². The lowest BCUT2D eigenvalue weighted by molar-refractivity contribution is -0.139. The molecule has 0 aliphatic carbocycles. The maximum atomic E-state index is 13.0. The minimum absolute atomic E-state index is 0.0400. The summed E-state index contributed by atoms with van der Waals surface area (Å²) in [5.41, 5.74) is 7.85. The van der Waals surface area contributed by atoms with Gasteiger partial charge in [-0.15, -0.1) is 0 Å². The summed E-state index contributed by atoms with van der Waals surface area (Å²) in [4.78, 5) is 38.0. The van der Waals surface area contributed by atoms with Crippen molar-refractivity contribution in [2.45, 2.75) is 19.1 Å². The number of hydrogen-bond acceptors (Lipinski definition) is 5. The number of carboxylic acids is 1. The monoisotopic (exact) mass is 461 g/mol. The van der Waals surface area contributed by atoms with Gasteiger partial charge >= 0.3 is 5.97 Å². The summed E-state index contributed by atoms with van der Waals surface area (Å²) in [5, 5.41) is 12.1. The number of rotatable bonds is 4. The number of halogens is 2. The van der Waals surface area contributed by atoms with Crippen LogP contribution in [0.15, 0.2) is 41.0 Å². The molecular weight excluding hydrogens is 445 g/mol. The van der Waals surface area contributed by atoms with Gasteiger partial charge in [0.15, 0.2) is 6.17 Å². The number of nitrogens with zero attached hydrogens (tertiary/aromatic N) is 1. The van der Waals surface area contributed by atoms with Crippen molar-refractivity contribution >= 4 is 52.0 Å². The summed E-state index contributed by atoms with van der Waals surface area (Å²) in [5.74, 6) is -2.33. The van der Waals surface area contributed by atoms with Crippen LogP contribution in [0.2, 0.25) is 10.0 Å². The fraction of sp³-hybridized carbons (Fsp3) is 0.190. The zero-order valence-corrected chi connectivity index (χ0v) is 17.5. The van der Waals surface area contributed by atoms with Crippen molar-refractivity contribution in [3.05, 3.63) is 68.9 Å². The molecule has 160 valence electrons. The number of carbonyl (C=O) groups is 3. The number of amides is 2. The minimum atomic E-state index is -1.59. The number of nitrogens with one attached hydrogen (secondary N) is 1. The van der Waals surface area contributed by atoms with E-state index in [1.54, 1.807) is 29.4 Å². The topological polar surface area (TPSA) is 126 Å². The fourth-order valence-corrected chi connectivity index (χ4v) is 4.34. The highest BCUT2D eigenvalue weighted by Crippen LogP contribution is 2.35. The van der Waals surface area contributed by atoms with Crippen LogP contribution in [0.1, 0.15) is 31.8 Å². The Labute approximate surface area is 186 Å². The summed E-state index contributed by atoms with van der Waals surface area (Å²) < 4.78 is 5.37. The van der Waals surface area contributed by atoms with E-state index in [4.69, 9.17) is 38.5 Å². The smallest absolute Gasteiger partial charge is 0.341 e. The zero-order valence-electron chi connectivity index (χ0n) is 16.0. The van der Waals surface area contributed by atoms with E-state index in [1.165, 1.54) is 0 Å². The Morgan fingerprint density at radius 1 is 1.19 bits per heavy atom. The van der Waals surface area contributed by atoms with Crippen LogP contribution >= 0.6 is 23.2 Å². The molecule has 1 aromatic heterocycles. The first kappa shape index (κ1) is 21.2. The number of aliphatic carboxylic acids is 1. The van der Waals surface area contributed by atoms with Crippen molar-refractivity contribution < 1.29 is 23.9 Å². The Balaban J connectivity index is 1.59. The van der Waals surface area contributed by atoms with E-state index in [1.807, 2.05) is 12.1 Å². The highest BCUT2D eigenvalue weighted by molar-refractivity contribution is 6.40. The molecule has 0 saturated heterocycles. The van der Waals surface area contributed by atoms with Gasteiger partial charge < -0.3 is 25.5 Å². The number of furan rings is 1. The fourth-order valence-electron chi connectivity index (χ4n) is 3.58. The Morgan fingerprint density at radius 3 is 2.71 bits per heavy atom. The second kappa shape index (κ2) is 8.22. The van der Waals surface area contributed by atoms with Crippen LogP contribution in [0.5, 0.6) is 0 Å². The van der Waals surface area contributed by atoms with Crippen LogP contribution in [0.25, 0.3) is 11.0 Å². The molecule has 4 rings (SSSR count). The molecule has 3 aromatic rings. The van der Waals surface area contributed by atoms with E-state index in [9.17, 15) is 14.4 Å². The van der Waals surface area contributed by atoms with Gasteiger partial charge in [0.2, 0.25) is 0 Å². The number of carbonyl (C=O) groups excluding carboxylic acids is 2. The Hall–Kier alpha value is -3.07. The highest BCUT2D eigenvalue weighted by atomic mass is 35.5. The third kappa shape index (κ3) is 3.97. The maximum absolute atomic E-state index is 13.0. The van der Waals surface area contributed by atoms with Gasteiger partial charge in [0.05, 0.1) is 21.9 Å². The summed E-state index contributed by atoms with van der Waals surface area (Å²) in [6.07, 6.45) is 0.387. The van der Waals surface area contributed by atoms with Crippen molar-refractivity contribution in [3.8, 4) is 0 Å². The second-order valence-corrected chi connectivity index (χ2v) is 7.91. The summed E-state index contributed by atoms with van der Waals surface area (Å²) in [6, 6.07) is 8.66. The van der Waals surface area contributed by atoms with Crippen molar-refractivity contribution in [1.82, 2.24) is 10.2 Å². The zero-order chi connectivity index (χ0) is 22.3. The van der Waals surface area contributed by atoms with E-state index in [0.29, 0.717) is 35.2 Å². The number of hydrogen-bond donors (Lipinski definition) is 3. The Kier molecular flexibility index (Phi) is 5.62. The molecule has 4 N–H and O–H groups in total. The summed E-state index contributed by atoms with van der Waals surface area (Å²) in [6.45, 7) is 0.652. The summed E-state index contributed by atoms with van der Waals surface area (Å²) >= 11 is 12.7. The van der Waals surface area contributed by atoms with Gasteiger partial charge in [-0.2, -0.15) is 0 Å². The summed E-state index contributed by atoms with van der Waals surface area (Å²) in [7, 11) is 0. The average molecular weight is 462 g/mol. The first-order valence-corrected chi connectivity index (χ1v) is 10.1. The quantitative estimate of drug-likeness (QED) is 0.512. The molecule has 10 heteroatoms.